The van der Waals surface area contributed by atoms with Gasteiger partial charge in [-0.3, -0.25) is 9.69 Å². The summed E-state index contributed by atoms with van der Waals surface area (Å²) in [7, 11) is 0. The summed E-state index contributed by atoms with van der Waals surface area (Å²) in [5.41, 5.74) is 6.64. The van der Waals surface area contributed by atoms with Crippen molar-refractivity contribution in [2.75, 3.05) is 32.7 Å². The number of nitrogens with zero attached hydrogens (tertiary/aromatic N) is 3. The zero-order valence-corrected chi connectivity index (χ0v) is 13.2. The van der Waals surface area contributed by atoms with E-state index in [0.29, 0.717) is 6.54 Å². The smallest absolute Gasteiger partial charge is 0.227 e. The molecule has 6 nitrogen and oxygen atoms in total. The number of carbonyl (C=O) groups is 1. The van der Waals surface area contributed by atoms with Crippen molar-refractivity contribution >= 4 is 5.91 Å². The highest BCUT2D eigenvalue weighted by atomic mass is 16.5. The van der Waals surface area contributed by atoms with Gasteiger partial charge in [-0.05, 0) is 12.8 Å². The summed E-state index contributed by atoms with van der Waals surface area (Å²) in [6.07, 6.45) is 0. The largest absolute Gasteiger partial charge is 0.360 e. The number of rotatable bonds is 5. The molecule has 1 fully saturated rings. The van der Waals surface area contributed by atoms with Gasteiger partial charge < -0.3 is 15.2 Å². The van der Waals surface area contributed by atoms with E-state index in [9.17, 15) is 4.79 Å². The molecule has 2 rings (SSSR count). The Hall–Kier alpha value is -1.40. The van der Waals surface area contributed by atoms with Crippen molar-refractivity contribution in [2.45, 2.75) is 27.3 Å². The van der Waals surface area contributed by atoms with Crippen LogP contribution in [-0.4, -0.2) is 53.6 Å². The molecule has 1 aromatic rings. The fourth-order valence-electron chi connectivity index (χ4n) is 2.73. The molecule has 1 aliphatic rings. The second kappa shape index (κ2) is 7.04. The van der Waals surface area contributed by atoms with Crippen molar-refractivity contribution in [3.63, 3.8) is 0 Å². The molecule has 0 aliphatic carbocycles. The highest BCUT2D eigenvalue weighted by molar-refractivity contribution is 5.79. The molecule has 118 valence electrons. The van der Waals surface area contributed by atoms with Crippen LogP contribution in [0.2, 0.25) is 0 Å². The second-order valence-electron chi connectivity index (χ2n) is 6.12. The predicted molar refractivity (Wildman–Crippen MR) is 80.5 cm³/mol. The van der Waals surface area contributed by atoms with Crippen molar-refractivity contribution in [3.05, 3.63) is 17.5 Å². The van der Waals surface area contributed by atoms with E-state index in [1.54, 1.807) is 0 Å². The van der Waals surface area contributed by atoms with Gasteiger partial charge in [0.2, 0.25) is 5.91 Å². The molecule has 1 saturated heterocycles. The lowest BCUT2D eigenvalue weighted by Crippen LogP contribution is -2.51. The monoisotopic (exact) mass is 294 g/mol. The van der Waals surface area contributed by atoms with E-state index < -0.39 is 0 Å². The standard InChI is InChI=1S/C15H26N4O2/c1-11(2)14(9-16)15(20)19-6-4-18(5-7-19)10-13-8-12(3)17-21-13/h8,11,14H,4-7,9-10,16H2,1-3H3. The van der Waals surface area contributed by atoms with Crippen LogP contribution in [0.5, 0.6) is 0 Å². The third-order valence-corrected chi connectivity index (χ3v) is 4.12. The van der Waals surface area contributed by atoms with Crippen molar-refractivity contribution < 1.29 is 9.32 Å². The number of hydrogen-bond acceptors (Lipinski definition) is 5. The summed E-state index contributed by atoms with van der Waals surface area (Å²) < 4.78 is 5.24. The molecule has 1 amide bonds. The van der Waals surface area contributed by atoms with E-state index in [-0.39, 0.29) is 17.7 Å². The van der Waals surface area contributed by atoms with E-state index in [4.69, 9.17) is 10.3 Å². The Bertz CT molecular complexity index is 464. The van der Waals surface area contributed by atoms with Gasteiger partial charge in [-0.1, -0.05) is 19.0 Å². The molecule has 0 saturated carbocycles. The van der Waals surface area contributed by atoms with E-state index in [0.717, 1.165) is 44.2 Å². The highest BCUT2D eigenvalue weighted by Gasteiger charge is 2.28. The molecule has 1 atom stereocenters. The number of aryl methyl sites for hydroxylation is 1. The highest BCUT2D eigenvalue weighted by Crippen LogP contribution is 2.16. The number of nitrogens with two attached hydrogens (primary N) is 1. The van der Waals surface area contributed by atoms with Gasteiger partial charge in [0.1, 0.15) is 0 Å². The van der Waals surface area contributed by atoms with E-state index in [1.807, 2.05) is 17.9 Å². The molecule has 0 radical (unpaired) electrons. The van der Waals surface area contributed by atoms with Crippen molar-refractivity contribution in [1.29, 1.82) is 0 Å². The normalized spacial score (nSPS) is 18.2. The first-order valence-electron chi connectivity index (χ1n) is 7.64. The van der Waals surface area contributed by atoms with Gasteiger partial charge >= 0.3 is 0 Å². The molecule has 2 heterocycles. The third-order valence-electron chi connectivity index (χ3n) is 4.12. The number of carbonyl (C=O) groups excluding carboxylic acids is 1. The van der Waals surface area contributed by atoms with Crippen LogP contribution in [0.25, 0.3) is 0 Å². The second-order valence-corrected chi connectivity index (χ2v) is 6.12. The minimum atomic E-state index is -0.0616. The molecule has 0 bridgehead atoms. The first kappa shape index (κ1) is 16.0. The Morgan fingerprint density at radius 1 is 1.38 bits per heavy atom. The van der Waals surface area contributed by atoms with Gasteiger partial charge in [-0.2, -0.15) is 0 Å². The van der Waals surface area contributed by atoms with Gasteiger partial charge in [0.25, 0.3) is 0 Å². The molecule has 1 aliphatic heterocycles. The number of amides is 1. The third kappa shape index (κ3) is 4.04. The first-order valence-corrected chi connectivity index (χ1v) is 7.64. The Kier molecular flexibility index (Phi) is 5.36. The summed E-state index contributed by atoms with van der Waals surface area (Å²) in [4.78, 5) is 16.7. The molecule has 1 unspecified atom stereocenters. The maximum atomic E-state index is 12.4. The lowest BCUT2D eigenvalue weighted by atomic mass is 9.94. The van der Waals surface area contributed by atoms with E-state index in [1.165, 1.54) is 0 Å². The molecular weight excluding hydrogens is 268 g/mol. The fraction of sp³-hybridized carbons (Fsp3) is 0.733. The number of hydrogen-bond donors (Lipinski definition) is 1. The van der Waals surface area contributed by atoms with E-state index in [2.05, 4.69) is 23.9 Å². The van der Waals surface area contributed by atoms with Crippen LogP contribution in [0.15, 0.2) is 10.6 Å². The summed E-state index contributed by atoms with van der Waals surface area (Å²) in [6.45, 7) is 10.5. The van der Waals surface area contributed by atoms with Crippen molar-refractivity contribution in [3.8, 4) is 0 Å². The zero-order valence-electron chi connectivity index (χ0n) is 13.2. The fourth-order valence-corrected chi connectivity index (χ4v) is 2.73. The zero-order chi connectivity index (χ0) is 15.4. The lowest BCUT2D eigenvalue weighted by Gasteiger charge is -2.36. The maximum absolute atomic E-state index is 12.4. The van der Waals surface area contributed by atoms with Gasteiger partial charge in [0.05, 0.1) is 18.2 Å². The Labute approximate surface area is 126 Å². The van der Waals surface area contributed by atoms with Gasteiger partial charge in [0, 0.05) is 38.8 Å². The summed E-state index contributed by atoms with van der Waals surface area (Å²) in [6, 6.07) is 1.96. The molecule has 21 heavy (non-hydrogen) atoms. The molecule has 6 heteroatoms. The predicted octanol–water partition coefficient (Wildman–Crippen LogP) is 0.858. The summed E-state index contributed by atoms with van der Waals surface area (Å²) in [5.74, 6) is 1.31. The average Bonchev–Trinajstić information content (AvgIpc) is 2.85. The van der Waals surface area contributed by atoms with Crippen molar-refractivity contribution in [1.82, 2.24) is 15.0 Å². The molecule has 0 aromatic carbocycles. The van der Waals surface area contributed by atoms with Crippen LogP contribution in [0.4, 0.5) is 0 Å². The van der Waals surface area contributed by atoms with Crippen LogP contribution >= 0.6 is 0 Å². The molecule has 0 spiro atoms. The number of aromatic nitrogens is 1. The number of piperazine rings is 1. The maximum Gasteiger partial charge on any atom is 0.227 e. The lowest BCUT2D eigenvalue weighted by molar-refractivity contribution is -0.138. The van der Waals surface area contributed by atoms with Crippen LogP contribution < -0.4 is 5.73 Å². The molecule has 1 aromatic heterocycles. The van der Waals surface area contributed by atoms with E-state index >= 15 is 0 Å². The topological polar surface area (TPSA) is 75.6 Å². The van der Waals surface area contributed by atoms with Crippen LogP contribution in [-0.2, 0) is 11.3 Å². The SMILES string of the molecule is Cc1cc(CN2CCN(C(=O)C(CN)C(C)C)CC2)on1. The first-order chi connectivity index (χ1) is 10.0. The molecule has 2 N–H and O–H groups in total. The Morgan fingerprint density at radius 3 is 2.52 bits per heavy atom. The Morgan fingerprint density at radius 2 is 2.05 bits per heavy atom. The summed E-state index contributed by atoms with van der Waals surface area (Å²) in [5, 5.41) is 3.90. The van der Waals surface area contributed by atoms with Gasteiger partial charge in [-0.15, -0.1) is 0 Å². The van der Waals surface area contributed by atoms with Crippen LogP contribution in [0.1, 0.15) is 25.3 Å². The molecular formula is C15H26N4O2. The Balaban J connectivity index is 1.84. The summed E-state index contributed by atoms with van der Waals surface area (Å²) >= 11 is 0. The van der Waals surface area contributed by atoms with Gasteiger partial charge in [0.15, 0.2) is 5.76 Å². The van der Waals surface area contributed by atoms with Gasteiger partial charge in [-0.25, -0.2) is 0 Å². The minimum absolute atomic E-state index is 0.0616. The van der Waals surface area contributed by atoms with Crippen LogP contribution in [0.3, 0.4) is 0 Å². The average molecular weight is 294 g/mol. The minimum Gasteiger partial charge on any atom is -0.360 e. The van der Waals surface area contributed by atoms with Crippen molar-refractivity contribution in [2.24, 2.45) is 17.6 Å². The quantitative estimate of drug-likeness (QED) is 0.871. The van der Waals surface area contributed by atoms with Crippen LogP contribution in [0, 0.1) is 18.8 Å².